The van der Waals surface area contributed by atoms with E-state index in [1.807, 2.05) is 32.9 Å². The van der Waals surface area contributed by atoms with Gasteiger partial charge in [-0.05, 0) is 67.3 Å². The number of hydrogen-bond acceptors (Lipinski definition) is 2. The first-order valence-electron chi connectivity index (χ1n) is 6.61. The van der Waals surface area contributed by atoms with Crippen LogP contribution in [-0.2, 0) is 6.61 Å². The Labute approximate surface area is 129 Å². The van der Waals surface area contributed by atoms with E-state index in [9.17, 15) is 4.79 Å². The molecule has 0 aliphatic rings. The van der Waals surface area contributed by atoms with Crippen molar-refractivity contribution in [2.24, 2.45) is 0 Å². The SMILES string of the molecule is Cc1cc(C(=O)O)ccc1COc1c(C)cc(Cl)cc1C. The van der Waals surface area contributed by atoms with Gasteiger partial charge in [-0.25, -0.2) is 4.79 Å². The van der Waals surface area contributed by atoms with Crippen LogP contribution in [0.25, 0.3) is 0 Å². The second kappa shape index (κ2) is 6.19. The predicted octanol–water partition coefficient (Wildman–Crippen LogP) is 4.54. The lowest BCUT2D eigenvalue weighted by Gasteiger charge is -2.14. The molecule has 2 aromatic rings. The highest BCUT2D eigenvalue weighted by molar-refractivity contribution is 6.30. The van der Waals surface area contributed by atoms with Gasteiger partial charge < -0.3 is 9.84 Å². The third-order valence-corrected chi connectivity index (χ3v) is 3.60. The summed E-state index contributed by atoms with van der Waals surface area (Å²) in [7, 11) is 0. The number of benzene rings is 2. The third-order valence-electron chi connectivity index (χ3n) is 3.39. The molecule has 0 aromatic heterocycles. The predicted molar refractivity (Wildman–Crippen MR) is 83.4 cm³/mol. The standard InChI is InChI=1S/C17H17ClO3/c1-10-6-13(17(19)20)4-5-14(10)9-21-16-11(2)7-15(18)8-12(16)3/h4-8H,9H2,1-3H3,(H,19,20). The van der Waals surface area contributed by atoms with E-state index >= 15 is 0 Å². The van der Waals surface area contributed by atoms with Gasteiger partial charge in [-0.15, -0.1) is 0 Å². The maximum atomic E-state index is 10.9. The minimum atomic E-state index is -0.921. The summed E-state index contributed by atoms with van der Waals surface area (Å²) < 4.78 is 5.88. The van der Waals surface area contributed by atoms with Gasteiger partial charge >= 0.3 is 5.97 Å². The highest BCUT2D eigenvalue weighted by atomic mass is 35.5. The summed E-state index contributed by atoms with van der Waals surface area (Å²) in [4.78, 5) is 10.9. The van der Waals surface area contributed by atoms with Gasteiger partial charge in [0, 0.05) is 5.02 Å². The Morgan fingerprint density at radius 1 is 1.10 bits per heavy atom. The lowest BCUT2D eigenvalue weighted by molar-refractivity contribution is 0.0696. The summed E-state index contributed by atoms with van der Waals surface area (Å²) in [5.74, 6) is -0.101. The minimum Gasteiger partial charge on any atom is -0.488 e. The summed E-state index contributed by atoms with van der Waals surface area (Å²) in [5, 5.41) is 9.66. The number of hydrogen-bond donors (Lipinski definition) is 1. The van der Waals surface area contributed by atoms with Crippen LogP contribution in [0.4, 0.5) is 0 Å². The van der Waals surface area contributed by atoms with Crippen molar-refractivity contribution < 1.29 is 14.6 Å². The minimum absolute atomic E-state index is 0.287. The number of rotatable bonds is 4. The molecule has 0 spiro atoms. The molecule has 0 radical (unpaired) electrons. The van der Waals surface area contributed by atoms with Crippen molar-refractivity contribution in [2.75, 3.05) is 0 Å². The first-order valence-corrected chi connectivity index (χ1v) is 6.98. The molecule has 0 heterocycles. The fourth-order valence-corrected chi connectivity index (χ4v) is 2.59. The highest BCUT2D eigenvalue weighted by Crippen LogP contribution is 2.28. The average molecular weight is 305 g/mol. The van der Waals surface area contributed by atoms with Gasteiger partial charge in [0.1, 0.15) is 12.4 Å². The number of ether oxygens (including phenoxy) is 1. The van der Waals surface area contributed by atoms with Crippen molar-refractivity contribution in [1.29, 1.82) is 0 Å². The fourth-order valence-electron chi connectivity index (χ4n) is 2.27. The third kappa shape index (κ3) is 3.56. The summed E-state index contributed by atoms with van der Waals surface area (Å²) in [6, 6.07) is 8.77. The number of aryl methyl sites for hydroxylation is 3. The van der Waals surface area contributed by atoms with E-state index in [1.165, 1.54) is 0 Å². The lowest BCUT2D eigenvalue weighted by Crippen LogP contribution is -2.03. The summed E-state index contributed by atoms with van der Waals surface area (Å²) in [6.07, 6.45) is 0. The Balaban J connectivity index is 2.19. The van der Waals surface area contributed by atoms with Crippen molar-refractivity contribution >= 4 is 17.6 Å². The van der Waals surface area contributed by atoms with E-state index in [0.717, 1.165) is 28.0 Å². The summed E-state index contributed by atoms with van der Waals surface area (Å²) >= 11 is 6.00. The largest absolute Gasteiger partial charge is 0.488 e. The number of carboxylic acid groups (broad SMARTS) is 1. The van der Waals surface area contributed by atoms with Crippen LogP contribution in [0.5, 0.6) is 5.75 Å². The van der Waals surface area contributed by atoms with E-state index in [-0.39, 0.29) is 5.56 Å². The monoisotopic (exact) mass is 304 g/mol. The normalized spacial score (nSPS) is 10.5. The van der Waals surface area contributed by atoms with E-state index in [1.54, 1.807) is 18.2 Å². The van der Waals surface area contributed by atoms with Crippen LogP contribution in [0, 0.1) is 20.8 Å². The van der Waals surface area contributed by atoms with Crippen molar-refractivity contribution in [3.8, 4) is 5.75 Å². The number of aromatic carboxylic acids is 1. The molecule has 1 N–H and O–H groups in total. The zero-order valence-electron chi connectivity index (χ0n) is 12.2. The molecule has 0 aliphatic heterocycles. The van der Waals surface area contributed by atoms with Gasteiger partial charge in [0.05, 0.1) is 5.56 Å². The molecule has 0 unspecified atom stereocenters. The number of carboxylic acids is 1. The van der Waals surface area contributed by atoms with Gasteiger partial charge in [0.25, 0.3) is 0 Å². The lowest BCUT2D eigenvalue weighted by atomic mass is 10.1. The van der Waals surface area contributed by atoms with Gasteiger partial charge in [-0.3, -0.25) is 0 Å². The number of carbonyl (C=O) groups is 1. The Morgan fingerprint density at radius 2 is 1.71 bits per heavy atom. The second-order valence-corrected chi connectivity index (χ2v) is 5.54. The Hall–Kier alpha value is -2.00. The molecule has 2 rings (SSSR count). The molecule has 3 nitrogen and oxygen atoms in total. The molecule has 0 fully saturated rings. The van der Waals surface area contributed by atoms with Gasteiger partial charge in [-0.2, -0.15) is 0 Å². The fraction of sp³-hybridized carbons (Fsp3) is 0.235. The highest BCUT2D eigenvalue weighted by Gasteiger charge is 2.09. The molecule has 110 valence electrons. The molecular formula is C17H17ClO3. The van der Waals surface area contributed by atoms with Crippen LogP contribution in [0.1, 0.15) is 32.6 Å². The molecule has 0 amide bonds. The van der Waals surface area contributed by atoms with Crippen molar-refractivity contribution in [2.45, 2.75) is 27.4 Å². The summed E-state index contributed by atoms with van der Waals surface area (Å²) in [6.45, 7) is 6.19. The Bertz CT molecular complexity index is 669. The van der Waals surface area contributed by atoms with Gasteiger partial charge in [0.15, 0.2) is 0 Å². The molecule has 4 heteroatoms. The number of halogens is 1. The van der Waals surface area contributed by atoms with Crippen molar-refractivity contribution in [3.05, 3.63) is 63.2 Å². The maximum Gasteiger partial charge on any atom is 0.335 e. The topological polar surface area (TPSA) is 46.5 Å². The Kier molecular flexibility index (Phi) is 4.53. The van der Waals surface area contributed by atoms with Crippen LogP contribution in [-0.4, -0.2) is 11.1 Å². The quantitative estimate of drug-likeness (QED) is 0.902. The van der Waals surface area contributed by atoms with E-state index < -0.39 is 5.97 Å². The van der Waals surface area contributed by atoms with Crippen LogP contribution in [0.15, 0.2) is 30.3 Å². The molecule has 2 aromatic carbocycles. The van der Waals surface area contributed by atoms with Crippen LogP contribution in [0.3, 0.4) is 0 Å². The van der Waals surface area contributed by atoms with Crippen LogP contribution < -0.4 is 4.74 Å². The van der Waals surface area contributed by atoms with E-state index in [2.05, 4.69) is 0 Å². The average Bonchev–Trinajstić information content (AvgIpc) is 2.38. The van der Waals surface area contributed by atoms with Crippen LogP contribution >= 0.6 is 11.6 Å². The molecule has 0 saturated heterocycles. The smallest absolute Gasteiger partial charge is 0.335 e. The van der Waals surface area contributed by atoms with Gasteiger partial charge in [-0.1, -0.05) is 17.7 Å². The van der Waals surface area contributed by atoms with Crippen molar-refractivity contribution in [3.63, 3.8) is 0 Å². The molecular weight excluding hydrogens is 288 g/mol. The molecule has 0 aliphatic carbocycles. The zero-order chi connectivity index (χ0) is 15.6. The molecule has 0 saturated carbocycles. The Morgan fingerprint density at radius 3 is 2.24 bits per heavy atom. The first kappa shape index (κ1) is 15.4. The second-order valence-electron chi connectivity index (χ2n) is 5.10. The first-order chi connectivity index (χ1) is 9.88. The van der Waals surface area contributed by atoms with Gasteiger partial charge in [0.2, 0.25) is 0 Å². The van der Waals surface area contributed by atoms with Crippen LogP contribution in [0.2, 0.25) is 5.02 Å². The maximum absolute atomic E-state index is 10.9. The van der Waals surface area contributed by atoms with E-state index in [4.69, 9.17) is 21.4 Å². The molecule has 0 atom stereocenters. The zero-order valence-corrected chi connectivity index (χ0v) is 13.0. The molecule has 0 bridgehead atoms. The molecule has 21 heavy (non-hydrogen) atoms. The summed E-state index contributed by atoms with van der Waals surface area (Å²) in [5.41, 5.74) is 4.13. The van der Waals surface area contributed by atoms with E-state index in [0.29, 0.717) is 11.6 Å². The van der Waals surface area contributed by atoms with Crippen molar-refractivity contribution in [1.82, 2.24) is 0 Å².